The van der Waals surface area contributed by atoms with E-state index in [1.54, 1.807) is 0 Å². The van der Waals surface area contributed by atoms with E-state index in [9.17, 15) is 14.4 Å². The molecule has 1 N–H and O–H groups in total. The van der Waals surface area contributed by atoms with Crippen LogP contribution in [0.2, 0.25) is 0 Å². The standard InChI is InChI=1S/C13H14N2O4S/c1-19-11(16)7-10-12(17)15(13(18)20-10)8-14-9-5-3-2-4-6-9/h2-6,10,14H,7-8H2,1H3. The second-order valence-corrected chi connectivity index (χ2v) is 5.27. The van der Waals surface area contributed by atoms with Gasteiger partial charge in [0, 0.05) is 5.69 Å². The minimum absolute atomic E-state index is 0.0896. The highest BCUT2D eigenvalue weighted by atomic mass is 32.2. The summed E-state index contributed by atoms with van der Waals surface area (Å²) in [5, 5.41) is 1.95. The normalized spacial score (nSPS) is 18.2. The number of thioether (sulfide) groups is 1. The molecule has 6 nitrogen and oxygen atoms in total. The zero-order valence-corrected chi connectivity index (χ0v) is 11.7. The number of ether oxygens (including phenoxy) is 1. The first kappa shape index (κ1) is 14.4. The van der Waals surface area contributed by atoms with Gasteiger partial charge in [-0.3, -0.25) is 19.3 Å². The van der Waals surface area contributed by atoms with Gasteiger partial charge in [0.15, 0.2) is 0 Å². The van der Waals surface area contributed by atoms with Crippen LogP contribution in [0, 0.1) is 0 Å². The minimum Gasteiger partial charge on any atom is -0.469 e. The van der Waals surface area contributed by atoms with Crippen LogP contribution in [0.5, 0.6) is 0 Å². The molecule has 1 atom stereocenters. The highest BCUT2D eigenvalue weighted by molar-refractivity contribution is 8.15. The van der Waals surface area contributed by atoms with Crippen molar-refractivity contribution in [1.29, 1.82) is 0 Å². The number of imide groups is 1. The lowest BCUT2D eigenvalue weighted by atomic mass is 10.3. The summed E-state index contributed by atoms with van der Waals surface area (Å²) in [6, 6.07) is 9.25. The summed E-state index contributed by atoms with van der Waals surface area (Å²) in [7, 11) is 1.25. The van der Waals surface area contributed by atoms with Gasteiger partial charge in [0.05, 0.1) is 20.2 Å². The van der Waals surface area contributed by atoms with E-state index in [0.717, 1.165) is 22.3 Å². The van der Waals surface area contributed by atoms with Gasteiger partial charge < -0.3 is 10.1 Å². The molecule has 1 heterocycles. The number of hydrogen-bond acceptors (Lipinski definition) is 6. The zero-order chi connectivity index (χ0) is 14.5. The molecule has 2 amide bonds. The third-order valence-corrected chi connectivity index (χ3v) is 3.87. The van der Waals surface area contributed by atoms with Crippen molar-refractivity contribution in [3.05, 3.63) is 30.3 Å². The van der Waals surface area contributed by atoms with E-state index in [4.69, 9.17) is 0 Å². The van der Waals surface area contributed by atoms with Crippen LogP contribution in [0.1, 0.15) is 6.42 Å². The molecule has 0 aliphatic carbocycles. The number of hydrogen-bond donors (Lipinski definition) is 1. The first-order valence-electron chi connectivity index (χ1n) is 5.99. The van der Waals surface area contributed by atoms with Crippen molar-refractivity contribution in [2.75, 3.05) is 19.1 Å². The van der Waals surface area contributed by atoms with Crippen molar-refractivity contribution in [3.63, 3.8) is 0 Å². The topological polar surface area (TPSA) is 75.7 Å². The monoisotopic (exact) mass is 294 g/mol. The zero-order valence-electron chi connectivity index (χ0n) is 10.9. The van der Waals surface area contributed by atoms with Gasteiger partial charge in [-0.15, -0.1) is 0 Å². The van der Waals surface area contributed by atoms with Gasteiger partial charge in [-0.2, -0.15) is 0 Å². The van der Waals surface area contributed by atoms with Gasteiger partial charge in [0.25, 0.3) is 5.24 Å². The molecule has 1 aliphatic heterocycles. The Hall–Kier alpha value is -2.02. The maximum Gasteiger partial charge on any atom is 0.307 e. The van der Waals surface area contributed by atoms with Crippen molar-refractivity contribution in [2.24, 2.45) is 0 Å². The molecule has 0 spiro atoms. The summed E-state index contributed by atoms with van der Waals surface area (Å²) in [6.45, 7) is 0.0896. The van der Waals surface area contributed by atoms with Crippen LogP contribution < -0.4 is 5.32 Å². The van der Waals surface area contributed by atoms with E-state index in [0.29, 0.717) is 0 Å². The summed E-state index contributed by atoms with van der Waals surface area (Å²) in [6.07, 6.45) is -0.0897. The number of esters is 1. The largest absolute Gasteiger partial charge is 0.469 e. The molecule has 2 rings (SSSR count). The van der Waals surface area contributed by atoms with Crippen LogP contribution in [0.15, 0.2) is 30.3 Å². The fraction of sp³-hybridized carbons (Fsp3) is 0.308. The SMILES string of the molecule is COC(=O)CC1SC(=O)N(CNc2ccccc2)C1=O. The number of rotatable bonds is 5. The van der Waals surface area contributed by atoms with E-state index >= 15 is 0 Å². The molecule has 0 saturated carbocycles. The molecule has 0 bridgehead atoms. The highest BCUT2D eigenvalue weighted by Crippen LogP contribution is 2.29. The highest BCUT2D eigenvalue weighted by Gasteiger charge is 2.40. The molecule has 7 heteroatoms. The van der Waals surface area contributed by atoms with Crippen LogP contribution in [-0.2, 0) is 14.3 Å². The molecule has 1 aromatic rings. The number of carbonyl (C=O) groups excluding carboxylic acids is 3. The summed E-state index contributed by atoms with van der Waals surface area (Å²) in [4.78, 5) is 36.1. The quantitative estimate of drug-likeness (QED) is 0.833. The first-order valence-corrected chi connectivity index (χ1v) is 6.87. The Bertz CT molecular complexity index is 520. The number of methoxy groups -OCH3 is 1. The third kappa shape index (κ3) is 3.30. The number of para-hydroxylation sites is 1. The molecule has 0 radical (unpaired) electrons. The van der Waals surface area contributed by atoms with Crippen molar-refractivity contribution in [1.82, 2.24) is 4.90 Å². The molecule has 1 aromatic carbocycles. The molecule has 0 aromatic heterocycles. The van der Waals surface area contributed by atoms with Crippen molar-refractivity contribution >= 4 is 34.6 Å². The van der Waals surface area contributed by atoms with E-state index < -0.39 is 11.2 Å². The number of carbonyl (C=O) groups is 3. The fourth-order valence-corrected chi connectivity index (χ4v) is 2.70. The Morgan fingerprint density at radius 3 is 2.70 bits per heavy atom. The Morgan fingerprint density at radius 2 is 2.05 bits per heavy atom. The molecule has 1 aliphatic rings. The lowest BCUT2D eigenvalue weighted by Crippen LogP contribution is -2.36. The van der Waals surface area contributed by atoms with E-state index in [2.05, 4.69) is 10.1 Å². The third-order valence-electron chi connectivity index (χ3n) is 2.80. The van der Waals surface area contributed by atoms with E-state index in [1.165, 1.54) is 7.11 Å². The predicted octanol–water partition coefficient (Wildman–Crippen LogP) is 1.68. The van der Waals surface area contributed by atoms with Crippen LogP contribution in [0.4, 0.5) is 10.5 Å². The second kappa shape index (κ2) is 6.42. The van der Waals surface area contributed by atoms with Crippen LogP contribution in [0.25, 0.3) is 0 Å². The fourth-order valence-electron chi connectivity index (χ4n) is 1.73. The molecule has 20 heavy (non-hydrogen) atoms. The number of benzene rings is 1. The van der Waals surface area contributed by atoms with E-state index in [-0.39, 0.29) is 24.2 Å². The number of amides is 2. The van der Waals surface area contributed by atoms with Gasteiger partial charge in [-0.1, -0.05) is 30.0 Å². The molecule has 106 valence electrons. The lowest BCUT2D eigenvalue weighted by Gasteiger charge is -2.15. The molecule has 1 unspecified atom stereocenters. The smallest absolute Gasteiger partial charge is 0.307 e. The maximum absolute atomic E-state index is 12.0. The Morgan fingerprint density at radius 1 is 1.35 bits per heavy atom. The Labute approximate surface area is 120 Å². The average molecular weight is 294 g/mol. The Kier molecular flexibility index (Phi) is 4.62. The maximum atomic E-state index is 12.0. The van der Waals surface area contributed by atoms with Crippen molar-refractivity contribution < 1.29 is 19.1 Å². The van der Waals surface area contributed by atoms with Crippen LogP contribution in [-0.4, -0.2) is 41.0 Å². The predicted molar refractivity (Wildman–Crippen MR) is 75.2 cm³/mol. The van der Waals surface area contributed by atoms with E-state index in [1.807, 2.05) is 30.3 Å². The molecular formula is C13H14N2O4S. The number of nitrogens with zero attached hydrogens (tertiary/aromatic N) is 1. The molecular weight excluding hydrogens is 280 g/mol. The van der Waals surface area contributed by atoms with Gasteiger partial charge >= 0.3 is 5.97 Å². The molecule has 1 saturated heterocycles. The summed E-state index contributed by atoms with van der Waals surface area (Å²) >= 11 is 0.857. The lowest BCUT2D eigenvalue weighted by molar-refractivity contribution is -0.142. The number of anilines is 1. The van der Waals surface area contributed by atoms with Gasteiger partial charge in [-0.05, 0) is 12.1 Å². The van der Waals surface area contributed by atoms with Crippen molar-refractivity contribution in [3.8, 4) is 0 Å². The minimum atomic E-state index is -0.687. The van der Waals surface area contributed by atoms with Crippen molar-refractivity contribution in [2.45, 2.75) is 11.7 Å². The number of nitrogens with one attached hydrogen (secondary N) is 1. The van der Waals surface area contributed by atoms with Gasteiger partial charge in [-0.25, -0.2) is 0 Å². The average Bonchev–Trinajstić information content (AvgIpc) is 2.72. The summed E-state index contributed by atoms with van der Waals surface area (Å²) in [5.41, 5.74) is 0.814. The summed E-state index contributed by atoms with van der Waals surface area (Å²) in [5.74, 6) is -0.865. The van der Waals surface area contributed by atoms with Gasteiger partial charge in [0.2, 0.25) is 5.91 Å². The van der Waals surface area contributed by atoms with Crippen LogP contribution >= 0.6 is 11.8 Å². The Balaban J connectivity index is 1.93. The molecule has 1 fully saturated rings. The summed E-state index contributed by atoms with van der Waals surface area (Å²) < 4.78 is 4.51. The van der Waals surface area contributed by atoms with Crippen LogP contribution in [0.3, 0.4) is 0 Å². The first-order chi connectivity index (χ1) is 9.61. The van der Waals surface area contributed by atoms with Gasteiger partial charge in [0.1, 0.15) is 5.25 Å². The second-order valence-electron chi connectivity index (χ2n) is 4.12.